The van der Waals surface area contributed by atoms with Gasteiger partial charge in [0.2, 0.25) is 0 Å². The third kappa shape index (κ3) is 37.0. The zero-order valence-electron chi connectivity index (χ0n) is 25.7. The van der Waals surface area contributed by atoms with E-state index in [4.69, 9.17) is 53.1 Å². The lowest BCUT2D eigenvalue weighted by molar-refractivity contribution is -0.145. The van der Waals surface area contributed by atoms with E-state index in [-0.39, 0.29) is 12.6 Å². The number of hydrogen-bond donors (Lipinski definition) is 1. The van der Waals surface area contributed by atoms with Gasteiger partial charge in [0.05, 0.1) is 119 Å². The van der Waals surface area contributed by atoms with E-state index in [0.29, 0.717) is 132 Å². The molecule has 0 saturated carbocycles. The Morgan fingerprint density at radius 2 is 0.707 bits per heavy atom. The Labute approximate surface area is 248 Å². The molecule has 246 valence electrons. The van der Waals surface area contributed by atoms with Crippen LogP contribution in [-0.4, -0.2) is 138 Å². The Hall–Kier alpha value is -0.930. The fourth-order valence-electron chi connectivity index (χ4n) is 3.28. The maximum atomic E-state index is 11.6. The van der Waals surface area contributed by atoms with Crippen LogP contribution in [0.3, 0.4) is 0 Å². The van der Waals surface area contributed by atoms with Gasteiger partial charge in [0.25, 0.3) is 0 Å². The largest absolute Gasteiger partial charge is 0.463 e. The van der Waals surface area contributed by atoms with Gasteiger partial charge in [-0.3, -0.25) is 4.79 Å². The van der Waals surface area contributed by atoms with Crippen LogP contribution in [0.4, 0.5) is 0 Å². The Kier molecular flexibility index (Phi) is 36.3. The molecule has 0 aromatic rings. The van der Waals surface area contributed by atoms with Gasteiger partial charge < -0.3 is 53.1 Å². The summed E-state index contributed by atoms with van der Waals surface area (Å²) in [6, 6.07) is 0. The Bertz CT molecular complexity index is 503. The molecular weight excluding hydrogens is 538 g/mol. The number of rotatable bonds is 36. The summed E-state index contributed by atoms with van der Waals surface area (Å²) in [7, 11) is 0. The summed E-state index contributed by atoms with van der Waals surface area (Å²) in [5.74, 6) is -0.142. The van der Waals surface area contributed by atoms with Crippen molar-refractivity contribution in [1.29, 1.82) is 0 Å². The summed E-state index contributed by atoms with van der Waals surface area (Å²) < 4.78 is 53.8. The number of unbranched alkanes of at least 4 members (excludes halogenated alkanes) is 5. The van der Waals surface area contributed by atoms with Crippen molar-refractivity contribution in [3.8, 4) is 0 Å². The van der Waals surface area contributed by atoms with E-state index >= 15 is 0 Å². The number of ether oxygens (including phenoxy) is 10. The van der Waals surface area contributed by atoms with Crippen molar-refractivity contribution in [3.05, 3.63) is 0 Å². The minimum absolute atomic E-state index is 0.142. The molecule has 0 aromatic heterocycles. The van der Waals surface area contributed by atoms with E-state index in [1.54, 1.807) is 0 Å². The Morgan fingerprint density at radius 3 is 1.05 bits per heavy atom. The van der Waals surface area contributed by atoms with Crippen molar-refractivity contribution in [2.75, 3.05) is 132 Å². The molecule has 12 nitrogen and oxygen atoms in total. The number of hydrogen-bond acceptors (Lipinski definition) is 12. The van der Waals surface area contributed by atoms with Crippen molar-refractivity contribution in [3.63, 3.8) is 0 Å². The van der Waals surface area contributed by atoms with Crippen molar-refractivity contribution >= 4 is 5.97 Å². The number of carbonyl (C=O) groups is 1. The zero-order chi connectivity index (χ0) is 29.7. The standard InChI is InChI=1S/C29H59NO11/c1-2-3-4-5-6-7-8-29(31)41-28-27-40-26-25-39-24-23-38-22-21-37-20-19-36-18-17-35-16-15-34-14-13-33-12-11-32-10-9-30/h2-28,30H2,1H3. The lowest BCUT2D eigenvalue weighted by Crippen LogP contribution is -2.15. The normalized spacial score (nSPS) is 11.4. The summed E-state index contributed by atoms with van der Waals surface area (Å²) in [6.07, 6.45) is 7.44. The molecule has 0 radical (unpaired) electrons. The van der Waals surface area contributed by atoms with E-state index in [0.717, 1.165) is 12.8 Å². The highest BCUT2D eigenvalue weighted by Gasteiger charge is 2.02. The van der Waals surface area contributed by atoms with Crippen molar-refractivity contribution < 1.29 is 52.2 Å². The first-order valence-electron chi connectivity index (χ1n) is 15.4. The van der Waals surface area contributed by atoms with Gasteiger partial charge in [-0.2, -0.15) is 0 Å². The molecule has 0 aromatic carbocycles. The highest BCUT2D eigenvalue weighted by Crippen LogP contribution is 2.07. The third-order valence-corrected chi connectivity index (χ3v) is 5.46. The van der Waals surface area contributed by atoms with E-state index in [1.807, 2.05) is 0 Å². The van der Waals surface area contributed by atoms with Crippen LogP contribution < -0.4 is 5.73 Å². The monoisotopic (exact) mass is 597 g/mol. The van der Waals surface area contributed by atoms with Crippen molar-refractivity contribution in [1.82, 2.24) is 0 Å². The van der Waals surface area contributed by atoms with E-state index in [9.17, 15) is 4.79 Å². The quantitative estimate of drug-likeness (QED) is 0.0839. The van der Waals surface area contributed by atoms with Crippen LogP contribution in [0.5, 0.6) is 0 Å². The van der Waals surface area contributed by atoms with Crippen LogP contribution >= 0.6 is 0 Å². The minimum atomic E-state index is -0.142. The molecule has 0 spiro atoms. The van der Waals surface area contributed by atoms with Crippen molar-refractivity contribution in [2.24, 2.45) is 5.73 Å². The van der Waals surface area contributed by atoms with Crippen LogP contribution in [0, 0.1) is 0 Å². The van der Waals surface area contributed by atoms with Crippen LogP contribution in [0.2, 0.25) is 0 Å². The topological polar surface area (TPSA) is 135 Å². The molecule has 0 saturated heterocycles. The molecular formula is C29H59NO11. The molecule has 0 aliphatic rings. The van der Waals surface area contributed by atoms with Crippen LogP contribution in [-0.2, 0) is 52.2 Å². The first-order valence-corrected chi connectivity index (χ1v) is 15.4. The maximum Gasteiger partial charge on any atom is 0.305 e. The summed E-state index contributed by atoms with van der Waals surface area (Å²) in [6.45, 7) is 12.1. The molecule has 0 unspecified atom stereocenters. The van der Waals surface area contributed by atoms with Gasteiger partial charge in [0.1, 0.15) is 6.61 Å². The smallest absolute Gasteiger partial charge is 0.305 e. The fraction of sp³-hybridized carbons (Fsp3) is 0.966. The second-order valence-electron chi connectivity index (χ2n) is 9.04. The molecule has 41 heavy (non-hydrogen) atoms. The zero-order valence-corrected chi connectivity index (χ0v) is 25.7. The summed E-state index contributed by atoms with van der Waals surface area (Å²) in [4.78, 5) is 11.6. The lowest BCUT2D eigenvalue weighted by atomic mass is 10.1. The Morgan fingerprint density at radius 1 is 0.415 bits per heavy atom. The molecule has 0 atom stereocenters. The van der Waals surface area contributed by atoms with Crippen LogP contribution in [0.25, 0.3) is 0 Å². The number of carbonyl (C=O) groups excluding carboxylic acids is 1. The molecule has 0 amide bonds. The first-order chi connectivity index (χ1) is 20.3. The molecule has 0 fully saturated rings. The number of esters is 1. The van der Waals surface area contributed by atoms with E-state index in [2.05, 4.69) is 6.92 Å². The predicted octanol–water partition coefficient (Wildman–Crippen LogP) is 2.39. The van der Waals surface area contributed by atoms with Crippen molar-refractivity contribution in [2.45, 2.75) is 51.9 Å². The second kappa shape index (κ2) is 37.1. The molecule has 0 bridgehead atoms. The number of nitrogens with two attached hydrogens (primary N) is 1. The fourth-order valence-corrected chi connectivity index (χ4v) is 3.28. The average molecular weight is 598 g/mol. The minimum Gasteiger partial charge on any atom is -0.463 e. The van der Waals surface area contributed by atoms with Crippen LogP contribution in [0.1, 0.15) is 51.9 Å². The summed E-state index contributed by atoms with van der Waals surface area (Å²) in [5.41, 5.74) is 5.32. The maximum absolute atomic E-state index is 11.6. The molecule has 0 aliphatic carbocycles. The predicted molar refractivity (Wildman–Crippen MR) is 155 cm³/mol. The van der Waals surface area contributed by atoms with Gasteiger partial charge in [-0.05, 0) is 6.42 Å². The summed E-state index contributed by atoms with van der Waals surface area (Å²) >= 11 is 0. The van der Waals surface area contributed by atoms with Gasteiger partial charge >= 0.3 is 5.97 Å². The van der Waals surface area contributed by atoms with Gasteiger partial charge in [0.15, 0.2) is 0 Å². The molecule has 0 heterocycles. The molecule has 2 N–H and O–H groups in total. The van der Waals surface area contributed by atoms with E-state index in [1.165, 1.54) is 25.7 Å². The molecule has 0 rings (SSSR count). The van der Waals surface area contributed by atoms with E-state index < -0.39 is 0 Å². The molecule has 12 heteroatoms. The Balaban J connectivity index is 3.09. The molecule has 0 aliphatic heterocycles. The van der Waals surface area contributed by atoms with Gasteiger partial charge in [-0.25, -0.2) is 0 Å². The first kappa shape index (κ1) is 40.1. The van der Waals surface area contributed by atoms with Gasteiger partial charge in [0, 0.05) is 13.0 Å². The van der Waals surface area contributed by atoms with Gasteiger partial charge in [-0.1, -0.05) is 39.0 Å². The highest BCUT2D eigenvalue weighted by atomic mass is 16.6. The highest BCUT2D eigenvalue weighted by molar-refractivity contribution is 5.69. The van der Waals surface area contributed by atoms with Crippen LogP contribution in [0.15, 0.2) is 0 Å². The lowest BCUT2D eigenvalue weighted by Gasteiger charge is -2.09. The SMILES string of the molecule is CCCCCCCCC(=O)OCCOCCOCCOCCOCCOCCOCCOCCOCCOCCN. The average Bonchev–Trinajstić information content (AvgIpc) is 2.98. The second-order valence-corrected chi connectivity index (χ2v) is 9.04. The third-order valence-electron chi connectivity index (χ3n) is 5.46. The van der Waals surface area contributed by atoms with Gasteiger partial charge in [-0.15, -0.1) is 0 Å². The summed E-state index contributed by atoms with van der Waals surface area (Å²) in [5, 5.41) is 0.